The normalized spacial score (nSPS) is 11.9. The summed E-state index contributed by atoms with van der Waals surface area (Å²) in [4.78, 5) is 24.8. The summed E-state index contributed by atoms with van der Waals surface area (Å²) in [5, 5.41) is 2.76. The van der Waals surface area contributed by atoms with E-state index in [0.717, 1.165) is 6.08 Å². The van der Waals surface area contributed by atoms with Gasteiger partial charge in [-0.1, -0.05) is 6.58 Å². The van der Waals surface area contributed by atoms with Crippen molar-refractivity contribution in [2.24, 2.45) is 0 Å². The van der Waals surface area contributed by atoms with Crippen molar-refractivity contribution in [3.05, 3.63) is 12.7 Å². The van der Waals surface area contributed by atoms with E-state index in [0.29, 0.717) is 0 Å². The molecule has 0 unspecified atom stereocenters. The molecule has 92 valence electrons. The number of carbonyl (C=O) groups excluding carboxylic acids is 2. The van der Waals surface area contributed by atoms with E-state index >= 15 is 0 Å². The first-order valence-corrected chi connectivity index (χ1v) is 5.28. The number of hydrogen-bond donors (Lipinski definition) is 1. The van der Waals surface area contributed by atoms with Gasteiger partial charge in [-0.25, -0.2) is 4.79 Å². The molecular formula is C12H22N2O2. The minimum atomic E-state index is -0.569. The van der Waals surface area contributed by atoms with Crippen molar-refractivity contribution < 1.29 is 9.59 Å². The van der Waals surface area contributed by atoms with Gasteiger partial charge in [-0.15, -0.1) is 0 Å². The molecule has 3 amide bonds. The summed E-state index contributed by atoms with van der Waals surface area (Å²) in [6, 6.07) is -0.398. The molecule has 0 rings (SSSR count). The van der Waals surface area contributed by atoms with Crippen LogP contribution in [0.1, 0.15) is 41.5 Å². The molecule has 0 aromatic rings. The lowest BCUT2D eigenvalue weighted by molar-refractivity contribution is -0.126. The molecule has 0 bridgehead atoms. The van der Waals surface area contributed by atoms with Crippen molar-refractivity contribution in [1.29, 1.82) is 0 Å². The topological polar surface area (TPSA) is 49.4 Å². The van der Waals surface area contributed by atoms with E-state index in [1.165, 1.54) is 4.90 Å². The highest BCUT2D eigenvalue weighted by atomic mass is 16.2. The first-order valence-electron chi connectivity index (χ1n) is 5.28. The van der Waals surface area contributed by atoms with Gasteiger partial charge in [-0.3, -0.25) is 9.69 Å². The molecule has 0 aromatic heterocycles. The molecule has 0 spiro atoms. The maximum absolute atomic E-state index is 12.0. The Morgan fingerprint density at radius 3 is 1.81 bits per heavy atom. The predicted molar refractivity (Wildman–Crippen MR) is 65.1 cm³/mol. The van der Waals surface area contributed by atoms with Crippen molar-refractivity contribution in [2.75, 3.05) is 0 Å². The Bertz CT molecular complexity index is 295. The molecule has 16 heavy (non-hydrogen) atoms. The lowest BCUT2D eigenvalue weighted by atomic mass is 10.1. The van der Waals surface area contributed by atoms with Gasteiger partial charge in [0.1, 0.15) is 0 Å². The largest absolute Gasteiger partial charge is 0.333 e. The molecule has 0 atom stereocenters. The number of carbonyl (C=O) groups is 2. The highest BCUT2D eigenvalue weighted by Gasteiger charge is 2.32. The van der Waals surface area contributed by atoms with Crippen LogP contribution in [0.15, 0.2) is 12.7 Å². The maximum Gasteiger partial charge on any atom is 0.325 e. The Morgan fingerprint density at radius 2 is 1.56 bits per heavy atom. The second kappa shape index (κ2) is 4.68. The van der Waals surface area contributed by atoms with Gasteiger partial charge in [0.05, 0.1) is 0 Å². The molecule has 0 radical (unpaired) electrons. The fraction of sp³-hybridized carbons (Fsp3) is 0.667. The van der Waals surface area contributed by atoms with Crippen LogP contribution in [-0.2, 0) is 4.79 Å². The molecule has 1 N–H and O–H groups in total. The molecular weight excluding hydrogens is 204 g/mol. The highest BCUT2D eigenvalue weighted by molar-refractivity contribution is 6.00. The minimum absolute atomic E-state index is 0.373. The third-order valence-electron chi connectivity index (χ3n) is 1.75. The molecule has 0 saturated heterocycles. The maximum atomic E-state index is 12.0. The van der Waals surface area contributed by atoms with Crippen LogP contribution in [0.25, 0.3) is 0 Å². The molecule has 0 heterocycles. The first-order chi connectivity index (χ1) is 6.99. The van der Waals surface area contributed by atoms with Gasteiger partial charge in [-0.05, 0) is 47.6 Å². The number of rotatable bonds is 1. The zero-order valence-electron chi connectivity index (χ0n) is 11.0. The minimum Gasteiger partial charge on any atom is -0.333 e. The quantitative estimate of drug-likeness (QED) is 0.697. The number of nitrogens with one attached hydrogen (secondary N) is 1. The molecule has 0 aliphatic rings. The third kappa shape index (κ3) is 4.47. The van der Waals surface area contributed by atoms with Crippen LogP contribution in [-0.4, -0.2) is 27.9 Å². The van der Waals surface area contributed by atoms with Crippen molar-refractivity contribution in [1.82, 2.24) is 10.2 Å². The summed E-state index contributed by atoms with van der Waals surface area (Å²) in [7, 11) is 0. The van der Waals surface area contributed by atoms with E-state index in [1.807, 2.05) is 20.8 Å². The van der Waals surface area contributed by atoms with Gasteiger partial charge in [0.2, 0.25) is 0 Å². The fourth-order valence-corrected chi connectivity index (χ4v) is 1.20. The van der Waals surface area contributed by atoms with Crippen LogP contribution in [0, 0.1) is 0 Å². The number of hydrogen-bond acceptors (Lipinski definition) is 2. The van der Waals surface area contributed by atoms with Crippen molar-refractivity contribution >= 4 is 11.9 Å². The Morgan fingerprint density at radius 1 is 1.12 bits per heavy atom. The Kier molecular flexibility index (Phi) is 4.29. The predicted octanol–water partition coefficient (Wildman–Crippen LogP) is 2.31. The van der Waals surface area contributed by atoms with Crippen LogP contribution in [0.4, 0.5) is 4.79 Å². The second-order valence-electron chi connectivity index (χ2n) is 5.73. The van der Waals surface area contributed by atoms with E-state index in [2.05, 4.69) is 11.9 Å². The van der Waals surface area contributed by atoms with Crippen molar-refractivity contribution in [2.45, 2.75) is 52.6 Å². The summed E-state index contributed by atoms with van der Waals surface area (Å²) < 4.78 is 0. The first kappa shape index (κ1) is 14.7. The Hall–Kier alpha value is -1.32. The van der Waals surface area contributed by atoms with Crippen LogP contribution < -0.4 is 5.32 Å². The fourth-order valence-electron chi connectivity index (χ4n) is 1.20. The third-order valence-corrected chi connectivity index (χ3v) is 1.75. The van der Waals surface area contributed by atoms with E-state index in [-0.39, 0.29) is 5.54 Å². The number of nitrogens with zero attached hydrogens (tertiary/aromatic N) is 1. The zero-order chi connectivity index (χ0) is 13.1. The average Bonchev–Trinajstić information content (AvgIpc) is 1.97. The van der Waals surface area contributed by atoms with Crippen molar-refractivity contribution in [3.63, 3.8) is 0 Å². The number of amides is 3. The summed E-state index contributed by atoms with van der Waals surface area (Å²) in [6.45, 7) is 14.4. The van der Waals surface area contributed by atoms with Gasteiger partial charge >= 0.3 is 6.03 Å². The molecule has 0 fully saturated rings. The smallest absolute Gasteiger partial charge is 0.325 e. The summed E-state index contributed by atoms with van der Waals surface area (Å²) in [6.07, 6.45) is 1.15. The summed E-state index contributed by atoms with van der Waals surface area (Å²) in [5.41, 5.74) is -0.942. The number of urea groups is 1. The van der Waals surface area contributed by atoms with Gasteiger partial charge in [0.15, 0.2) is 0 Å². The van der Waals surface area contributed by atoms with Gasteiger partial charge in [-0.2, -0.15) is 0 Å². The lowest BCUT2D eigenvalue weighted by Gasteiger charge is -2.35. The van der Waals surface area contributed by atoms with Crippen LogP contribution in [0.5, 0.6) is 0 Å². The zero-order valence-corrected chi connectivity index (χ0v) is 11.0. The van der Waals surface area contributed by atoms with E-state index in [1.54, 1.807) is 20.8 Å². The number of imide groups is 1. The lowest BCUT2D eigenvalue weighted by Crippen LogP contribution is -2.56. The van der Waals surface area contributed by atoms with E-state index in [9.17, 15) is 9.59 Å². The molecule has 0 aromatic carbocycles. The van der Waals surface area contributed by atoms with Gasteiger partial charge < -0.3 is 5.32 Å². The van der Waals surface area contributed by atoms with Crippen LogP contribution in [0.2, 0.25) is 0 Å². The SMILES string of the molecule is C=CC(=O)N(C(=O)NC(C)(C)C)C(C)(C)C. The van der Waals surface area contributed by atoms with E-state index in [4.69, 9.17) is 0 Å². The summed E-state index contributed by atoms with van der Waals surface area (Å²) in [5.74, 6) is -0.394. The monoisotopic (exact) mass is 226 g/mol. The molecule has 0 aliphatic carbocycles. The Balaban J connectivity index is 5.00. The van der Waals surface area contributed by atoms with Crippen LogP contribution in [0.3, 0.4) is 0 Å². The second-order valence-corrected chi connectivity index (χ2v) is 5.73. The molecule has 0 aliphatic heterocycles. The van der Waals surface area contributed by atoms with E-state index < -0.39 is 17.5 Å². The van der Waals surface area contributed by atoms with Crippen LogP contribution >= 0.6 is 0 Å². The molecule has 0 saturated carbocycles. The Labute approximate surface area is 97.7 Å². The van der Waals surface area contributed by atoms with Crippen molar-refractivity contribution in [3.8, 4) is 0 Å². The van der Waals surface area contributed by atoms with Gasteiger partial charge in [0.25, 0.3) is 5.91 Å². The molecule has 4 nitrogen and oxygen atoms in total. The van der Waals surface area contributed by atoms with Gasteiger partial charge in [0, 0.05) is 11.1 Å². The average molecular weight is 226 g/mol. The summed E-state index contributed by atoms with van der Waals surface area (Å²) >= 11 is 0. The molecule has 4 heteroatoms. The highest BCUT2D eigenvalue weighted by Crippen LogP contribution is 2.15. The standard InChI is InChI=1S/C12H22N2O2/c1-8-9(15)14(12(5,6)7)10(16)13-11(2,3)4/h8H,1H2,2-7H3,(H,13,16).